The van der Waals surface area contributed by atoms with Gasteiger partial charge in [-0.2, -0.15) is 35.0 Å². The monoisotopic (exact) mass is 346 g/mol. The van der Waals surface area contributed by atoms with E-state index in [9.17, 15) is 39.2 Å². The molecule has 0 aromatic carbocycles. The zero-order valence-electron chi connectivity index (χ0n) is 10.8. The molecule has 4 nitrogen and oxygen atoms in total. The molecule has 0 unspecified atom stereocenters. The number of hydrogen-bond acceptors (Lipinski definition) is 3. The van der Waals surface area contributed by atoms with Crippen LogP contribution in [0.2, 0.25) is 0 Å². The zero-order chi connectivity index (χ0) is 16.7. The SMILES string of the molecule is CC(F)(F)C(F)(F)S(=O)(=O)N1CCN(CC(F)(F)F)CC1. The second-order valence-corrected chi connectivity index (χ2v) is 6.68. The number of piperazine rings is 1. The van der Waals surface area contributed by atoms with Crippen molar-refractivity contribution in [3.05, 3.63) is 0 Å². The average molecular weight is 346 g/mol. The molecule has 21 heavy (non-hydrogen) atoms. The maximum atomic E-state index is 13.3. The summed E-state index contributed by atoms with van der Waals surface area (Å²) in [6.45, 7) is -3.89. The number of halogens is 7. The molecule has 0 saturated carbocycles. The summed E-state index contributed by atoms with van der Waals surface area (Å²) in [6.07, 6.45) is -4.51. The van der Waals surface area contributed by atoms with E-state index in [1.807, 2.05) is 0 Å². The molecule has 1 saturated heterocycles. The van der Waals surface area contributed by atoms with Crippen molar-refractivity contribution in [1.82, 2.24) is 9.21 Å². The van der Waals surface area contributed by atoms with Crippen LogP contribution in [0.5, 0.6) is 0 Å². The van der Waals surface area contributed by atoms with Crippen molar-refractivity contribution in [2.45, 2.75) is 24.3 Å². The van der Waals surface area contributed by atoms with Crippen LogP contribution in [0.4, 0.5) is 30.7 Å². The largest absolute Gasteiger partial charge is 0.420 e. The third-order valence-corrected chi connectivity index (χ3v) is 4.96. The first-order valence-electron chi connectivity index (χ1n) is 5.73. The predicted octanol–water partition coefficient (Wildman–Crippen LogP) is 1.74. The Kier molecular flexibility index (Phi) is 4.86. The van der Waals surface area contributed by atoms with Crippen molar-refractivity contribution >= 4 is 10.0 Å². The van der Waals surface area contributed by atoms with Crippen molar-refractivity contribution in [2.75, 3.05) is 32.7 Å². The Morgan fingerprint density at radius 2 is 1.33 bits per heavy atom. The molecule has 1 rings (SSSR count). The van der Waals surface area contributed by atoms with Gasteiger partial charge in [-0.3, -0.25) is 4.90 Å². The Morgan fingerprint density at radius 1 is 0.905 bits per heavy atom. The number of hydrogen-bond donors (Lipinski definition) is 0. The van der Waals surface area contributed by atoms with Crippen molar-refractivity contribution in [1.29, 1.82) is 0 Å². The standard InChI is InChI=1S/C9H13F7N2O2S/c1-7(10,11)9(15,16)21(19,20)18-4-2-17(3-5-18)6-8(12,13)14/h2-6H2,1H3. The number of rotatable bonds is 4. The van der Waals surface area contributed by atoms with Crippen LogP contribution in [0, 0.1) is 0 Å². The lowest BCUT2D eigenvalue weighted by molar-refractivity contribution is -0.150. The summed E-state index contributed by atoms with van der Waals surface area (Å²) < 4.78 is 112. The minimum atomic E-state index is -5.64. The van der Waals surface area contributed by atoms with Gasteiger partial charge in [0.1, 0.15) is 0 Å². The Bertz CT molecular complexity index is 463. The summed E-state index contributed by atoms with van der Waals surface area (Å²) in [4.78, 5) is 0.814. The fraction of sp³-hybridized carbons (Fsp3) is 1.00. The highest BCUT2D eigenvalue weighted by atomic mass is 32.2. The van der Waals surface area contributed by atoms with Gasteiger partial charge in [0, 0.05) is 33.1 Å². The van der Waals surface area contributed by atoms with E-state index in [-0.39, 0.29) is 11.2 Å². The molecule has 1 aliphatic heterocycles. The molecule has 126 valence electrons. The fourth-order valence-electron chi connectivity index (χ4n) is 1.77. The van der Waals surface area contributed by atoms with Crippen LogP contribution in [-0.2, 0) is 10.0 Å². The quantitative estimate of drug-likeness (QED) is 0.728. The van der Waals surface area contributed by atoms with E-state index in [1.54, 1.807) is 0 Å². The van der Waals surface area contributed by atoms with Gasteiger partial charge >= 0.3 is 17.4 Å². The molecule has 0 bridgehead atoms. The van der Waals surface area contributed by atoms with Gasteiger partial charge in [0.15, 0.2) is 0 Å². The molecule has 1 aliphatic rings. The van der Waals surface area contributed by atoms with Crippen molar-refractivity contribution < 1.29 is 39.2 Å². The van der Waals surface area contributed by atoms with Crippen molar-refractivity contribution in [3.8, 4) is 0 Å². The topological polar surface area (TPSA) is 40.6 Å². The molecule has 0 N–H and O–H groups in total. The van der Waals surface area contributed by atoms with E-state index in [4.69, 9.17) is 0 Å². The molecule has 1 fully saturated rings. The Balaban J connectivity index is 2.78. The molecule has 1 heterocycles. The van der Waals surface area contributed by atoms with Gasteiger partial charge in [0.2, 0.25) is 0 Å². The van der Waals surface area contributed by atoms with Gasteiger partial charge in [0.25, 0.3) is 10.0 Å². The first-order valence-corrected chi connectivity index (χ1v) is 7.17. The normalized spacial score (nSPS) is 20.8. The van der Waals surface area contributed by atoms with Gasteiger partial charge < -0.3 is 0 Å². The lowest BCUT2D eigenvalue weighted by Gasteiger charge is -2.36. The minimum Gasteiger partial charge on any atom is -0.292 e. The minimum absolute atomic E-state index is 0.0945. The van der Waals surface area contributed by atoms with Crippen LogP contribution in [0.1, 0.15) is 6.92 Å². The summed E-state index contributed by atoms with van der Waals surface area (Å²) in [6, 6.07) is 0. The van der Waals surface area contributed by atoms with Crippen LogP contribution in [0.3, 0.4) is 0 Å². The van der Waals surface area contributed by atoms with Gasteiger partial charge in [-0.15, -0.1) is 0 Å². The molecule has 0 aliphatic carbocycles. The zero-order valence-corrected chi connectivity index (χ0v) is 11.6. The van der Waals surface area contributed by atoms with E-state index in [0.717, 1.165) is 4.90 Å². The second-order valence-electron chi connectivity index (χ2n) is 4.70. The number of alkyl halides is 7. The maximum absolute atomic E-state index is 13.3. The molecule has 0 spiro atoms. The Labute approximate surface area is 116 Å². The lowest BCUT2D eigenvalue weighted by atomic mass is 10.3. The number of nitrogens with zero attached hydrogens (tertiary/aromatic N) is 2. The molecule has 0 atom stereocenters. The van der Waals surface area contributed by atoms with Crippen LogP contribution < -0.4 is 0 Å². The third kappa shape index (κ3) is 3.97. The highest BCUT2D eigenvalue weighted by molar-refractivity contribution is 7.90. The van der Waals surface area contributed by atoms with Gasteiger partial charge in [-0.1, -0.05) is 0 Å². The van der Waals surface area contributed by atoms with Crippen LogP contribution in [-0.4, -0.2) is 67.7 Å². The van der Waals surface area contributed by atoms with Crippen molar-refractivity contribution in [3.63, 3.8) is 0 Å². The van der Waals surface area contributed by atoms with Crippen LogP contribution in [0.25, 0.3) is 0 Å². The van der Waals surface area contributed by atoms with E-state index in [2.05, 4.69) is 0 Å². The third-order valence-electron chi connectivity index (χ3n) is 2.91. The smallest absolute Gasteiger partial charge is 0.292 e. The van der Waals surface area contributed by atoms with Gasteiger partial charge in [-0.25, -0.2) is 8.42 Å². The fourth-order valence-corrected chi connectivity index (χ4v) is 3.19. The molecule has 0 amide bonds. The highest BCUT2D eigenvalue weighted by Crippen LogP contribution is 2.40. The van der Waals surface area contributed by atoms with E-state index in [0.29, 0.717) is 0 Å². The molecular formula is C9H13F7N2O2S. The molecule has 12 heteroatoms. The average Bonchev–Trinajstić information content (AvgIpc) is 2.25. The second kappa shape index (κ2) is 5.54. The van der Waals surface area contributed by atoms with Crippen LogP contribution >= 0.6 is 0 Å². The molecule has 0 aromatic heterocycles. The molecule has 0 radical (unpaired) electrons. The summed E-state index contributed by atoms with van der Waals surface area (Å²) in [5.74, 6) is -4.80. The summed E-state index contributed by atoms with van der Waals surface area (Å²) in [5.41, 5.74) is 0. The lowest BCUT2D eigenvalue weighted by Crippen LogP contribution is -2.57. The molecule has 0 aromatic rings. The van der Waals surface area contributed by atoms with E-state index < -0.39 is 60.1 Å². The Morgan fingerprint density at radius 3 is 1.67 bits per heavy atom. The van der Waals surface area contributed by atoms with E-state index in [1.165, 1.54) is 0 Å². The Hall–Kier alpha value is -0.620. The van der Waals surface area contributed by atoms with Gasteiger partial charge in [-0.05, 0) is 0 Å². The molecular weight excluding hydrogens is 333 g/mol. The maximum Gasteiger partial charge on any atom is 0.420 e. The predicted molar refractivity (Wildman–Crippen MR) is 58.6 cm³/mol. The summed E-state index contributed by atoms with van der Waals surface area (Å²) in [5, 5.41) is -5.31. The summed E-state index contributed by atoms with van der Waals surface area (Å²) >= 11 is 0. The summed E-state index contributed by atoms with van der Waals surface area (Å²) in [7, 11) is -5.64. The number of sulfonamides is 1. The van der Waals surface area contributed by atoms with Crippen LogP contribution in [0.15, 0.2) is 0 Å². The van der Waals surface area contributed by atoms with Crippen molar-refractivity contribution in [2.24, 2.45) is 0 Å². The van der Waals surface area contributed by atoms with E-state index >= 15 is 0 Å². The first kappa shape index (κ1) is 18.4. The van der Waals surface area contributed by atoms with Gasteiger partial charge in [0.05, 0.1) is 6.54 Å². The highest BCUT2D eigenvalue weighted by Gasteiger charge is 2.64. The first-order chi connectivity index (χ1) is 9.18.